The number of rotatable bonds is 8. The lowest BCUT2D eigenvalue weighted by atomic mass is 10.2. The van der Waals surface area contributed by atoms with Gasteiger partial charge < -0.3 is 10.6 Å². The predicted octanol–water partition coefficient (Wildman–Crippen LogP) is 3.35. The van der Waals surface area contributed by atoms with Crippen LogP contribution in [0.5, 0.6) is 0 Å². The van der Waals surface area contributed by atoms with Crippen LogP contribution in [0.2, 0.25) is 0 Å². The molecule has 0 aliphatic rings. The quantitative estimate of drug-likeness (QED) is 0.526. The number of benzene rings is 2. The Balaban J connectivity index is 2.15. The molecule has 2 aromatic rings. The van der Waals surface area contributed by atoms with Crippen LogP contribution in [0.15, 0.2) is 47.4 Å². The average Bonchev–Trinajstić information content (AvgIpc) is 2.60. The molecule has 0 atom stereocenters. The van der Waals surface area contributed by atoms with Crippen molar-refractivity contribution in [1.29, 1.82) is 0 Å². The predicted molar refractivity (Wildman–Crippen MR) is 104 cm³/mol. The molecule has 0 aromatic heterocycles. The van der Waals surface area contributed by atoms with Crippen LogP contribution in [0, 0.1) is 10.1 Å². The van der Waals surface area contributed by atoms with E-state index in [0.29, 0.717) is 12.1 Å². The van der Waals surface area contributed by atoms with E-state index in [0.717, 1.165) is 18.2 Å². The fraction of sp³-hybridized carbons (Fsp3) is 0.278. The third kappa shape index (κ3) is 5.52. The van der Waals surface area contributed by atoms with Gasteiger partial charge >= 0.3 is 5.69 Å². The molecule has 0 radical (unpaired) electrons. The van der Waals surface area contributed by atoms with Crippen LogP contribution in [0.3, 0.4) is 0 Å². The van der Waals surface area contributed by atoms with Gasteiger partial charge in [0.1, 0.15) is 10.6 Å². The molecule has 0 saturated carbocycles. The van der Waals surface area contributed by atoms with Crippen LogP contribution in [0.4, 0.5) is 17.1 Å². The van der Waals surface area contributed by atoms with Crippen molar-refractivity contribution in [2.24, 2.45) is 0 Å². The highest BCUT2D eigenvalue weighted by atomic mass is 32.2. The molecule has 2 N–H and O–H groups in total. The van der Waals surface area contributed by atoms with Gasteiger partial charge in [-0.3, -0.25) is 14.9 Å². The Morgan fingerprint density at radius 3 is 2.37 bits per heavy atom. The molecule has 0 unspecified atom stereocenters. The van der Waals surface area contributed by atoms with Crippen LogP contribution in [0.25, 0.3) is 0 Å². The summed E-state index contributed by atoms with van der Waals surface area (Å²) in [5.74, 6) is -0.0587. The summed E-state index contributed by atoms with van der Waals surface area (Å²) in [6.07, 6.45) is 2.15. The van der Waals surface area contributed by atoms with E-state index in [-0.39, 0.29) is 23.0 Å². The number of carbonyl (C=O) groups excluding carboxylic acids is 1. The van der Waals surface area contributed by atoms with E-state index >= 15 is 0 Å². The van der Waals surface area contributed by atoms with Gasteiger partial charge in [-0.2, -0.15) is 0 Å². The summed E-state index contributed by atoms with van der Waals surface area (Å²) in [5, 5.41) is 17.0. The highest BCUT2D eigenvalue weighted by molar-refractivity contribution is 7.90. The maximum atomic E-state index is 11.8. The lowest BCUT2D eigenvalue weighted by Crippen LogP contribution is -2.10. The minimum Gasteiger partial charge on any atom is -0.375 e. The van der Waals surface area contributed by atoms with Crippen LogP contribution < -0.4 is 10.6 Å². The standard InChI is InChI=1S/C18H21N3O5S/c1-3-5-17(22)20-14-10-8-13(9-11-14)12-19-15-6-4-7-16(27(2,25)26)18(15)21(23)24/h4,6-11,19H,3,5,12H2,1-2H3,(H,20,22). The van der Waals surface area contributed by atoms with Gasteiger partial charge in [0, 0.05) is 24.9 Å². The first-order valence-corrected chi connectivity index (χ1v) is 10.2. The summed E-state index contributed by atoms with van der Waals surface area (Å²) in [7, 11) is -3.73. The molecular formula is C18H21N3O5S. The molecule has 8 nitrogen and oxygen atoms in total. The fourth-order valence-corrected chi connectivity index (χ4v) is 3.37. The van der Waals surface area contributed by atoms with E-state index < -0.39 is 20.4 Å². The minimum absolute atomic E-state index is 0.0587. The average molecular weight is 391 g/mol. The van der Waals surface area contributed by atoms with Crippen LogP contribution in [0.1, 0.15) is 25.3 Å². The molecule has 0 spiro atoms. The van der Waals surface area contributed by atoms with Crippen molar-refractivity contribution in [3.63, 3.8) is 0 Å². The third-order valence-electron chi connectivity index (χ3n) is 3.78. The Kier molecular flexibility index (Phi) is 6.51. The molecule has 2 aromatic carbocycles. The van der Waals surface area contributed by atoms with E-state index in [9.17, 15) is 23.3 Å². The number of nitro benzene ring substituents is 1. The molecule has 0 aliphatic heterocycles. The summed E-state index contributed by atoms with van der Waals surface area (Å²) >= 11 is 0. The number of nitrogens with one attached hydrogen (secondary N) is 2. The number of carbonyl (C=O) groups is 1. The number of nitro groups is 1. The summed E-state index contributed by atoms with van der Waals surface area (Å²) in [6, 6.07) is 11.2. The van der Waals surface area contributed by atoms with Crippen molar-refractivity contribution in [3.8, 4) is 0 Å². The molecule has 0 heterocycles. The zero-order chi connectivity index (χ0) is 20.0. The van der Waals surface area contributed by atoms with Gasteiger partial charge in [0.2, 0.25) is 5.91 Å². The zero-order valence-corrected chi connectivity index (χ0v) is 15.9. The second-order valence-corrected chi connectivity index (χ2v) is 8.01. The summed E-state index contributed by atoms with van der Waals surface area (Å²) in [4.78, 5) is 21.9. The number of hydrogen-bond acceptors (Lipinski definition) is 6. The van der Waals surface area contributed by atoms with E-state index in [1.54, 1.807) is 24.3 Å². The van der Waals surface area contributed by atoms with Crippen LogP contribution >= 0.6 is 0 Å². The number of nitrogens with zero attached hydrogens (tertiary/aromatic N) is 1. The molecule has 27 heavy (non-hydrogen) atoms. The van der Waals surface area contributed by atoms with Gasteiger partial charge in [0.05, 0.1) is 4.92 Å². The first-order chi connectivity index (χ1) is 12.7. The summed E-state index contributed by atoms with van der Waals surface area (Å²) in [5.41, 5.74) is 1.15. The summed E-state index contributed by atoms with van der Waals surface area (Å²) in [6.45, 7) is 2.18. The Morgan fingerprint density at radius 1 is 1.15 bits per heavy atom. The van der Waals surface area contributed by atoms with E-state index in [1.165, 1.54) is 18.2 Å². The Morgan fingerprint density at radius 2 is 1.81 bits per heavy atom. The summed E-state index contributed by atoms with van der Waals surface area (Å²) < 4.78 is 23.6. The van der Waals surface area contributed by atoms with Gasteiger partial charge in [-0.25, -0.2) is 8.42 Å². The highest BCUT2D eigenvalue weighted by Gasteiger charge is 2.25. The van der Waals surface area contributed by atoms with Gasteiger partial charge in [-0.05, 0) is 36.2 Å². The maximum Gasteiger partial charge on any atom is 0.310 e. The van der Waals surface area contributed by atoms with Crippen molar-refractivity contribution >= 4 is 32.8 Å². The number of amides is 1. The Hall–Kier alpha value is -2.94. The first-order valence-electron chi connectivity index (χ1n) is 8.32. The second-order valence-electron chi connectivity index (χ2n) is 6.03. The second kappa shape index (κ2) is 8.63. The van der Waals surface area contributed by atoms with E-state index in [4.69, 9.17) is 0 Å². The van der Waals surface area contributed by atoms with Crippen molar-refractivity contribution in [2.75, 3.05) is 16.9 Å². The molecule has 0 aliphatic carbocycles. The van der Waals surface area contributed by atoms with Gasteiger partial charge in [0.15, 0.2) is 9.84 Å². The molecule has 0 saturated heterocycles. The zero-order valence-electron chi connectivity index (χ0n) is 15.1. The topological polar surface area (TPSA) is 118 Å². The number of hydrogen-bond donors (Lipinski definition) is 2. The largest absolute Gasteiger partial charge is 0.375 e. The number of para-hydroxylation sites is 1. The van der Waals surface area contributed by atoms with Crippen molar-refractivity contribution in [3.05, 3.63) is 58.1 Å². The molecule has 144 valence electrons. The lowest BCUT2D eigenvalue weighted by Gasteiger charge is -2.10. The first kappa shape index (κ1) is 20.4. The SMILES string of the molecule is CCCC(=O)Nc1ccc(CNc2cccc(S(C)(=O)=O)c2[N+](=O)[O-])cc1. The molecule has 0 fully saturated rings. The van der Waals surface area contributed by atoms with E-state index in [2.05, 4.69) is 10.6 Å². The van der Waals surface area contributed by atoms with Crippen molar-refractivity contribution in [2.45, 2.75) is 31.2 Å². The fourth-order valence-electron chi connectivity index (χ4n) is 2.51. The molecule has 9 heteroatoms. The lowest BCUT2D eigenvalue weighted by molar-refractivity contribution is -0.386. The minimum atomic E-state index is -3.73. The van der Waals surface area contributed by atoms with Gasteiger partial charge in [-0.15, -0.1) is 0 Å². The van der Waals surface area contributed by atoms with E-state index in [1.807, 2.05) is 6.92 Å². The van der Waals surface area contributed by atoms with Gasteiger partial charge in [-0.1, -0.05) is 25.1 Å². The molecule has 1 amide bonds. The smallest absolute Gasteiger partial charge is 0.310 e. The highest BCUT2D eigenvalue weighted by Crippen LogP contribution is 2.32. The molecule has 0 bridgehead atoms. The van der Waals surface area contributed by atoms with Crippen LogP contribution in [-0.2, 0) is 21.2 Å². The van der Waals surface area contributed by atoms with Crippen LogP contribution in [-0.4, -0.2) is 25.5 Å². The maximum absolute atomic E-state index is 11.8. The molecule has 2 rings (SSSR count). The number of sulfone groups is 1. The Bertz CT molecular complexity index is 940. The van der Waals surface area contributed by atoms with Crippen molar-refractivity contribution in [1.82, 2.24) is 0 Å². The Labute approximate surface area is 157 Å². The third-order valence-corrected chi connectivity index (χ3v) is 4.91. The number of anilines is 2. The van der Waals surface area contributed by atoms with Crippen molar-refractivity contribution < 1.29 is 18.1 Å². The monoisotopic (exact) mass is 391 g/mol. The molecular weight excluding hydrogens is 370 g/mol. The van der Waals surface area contributed by atoms with Gasteiger partial charge in [0.25, 0.3) is 0 Å². The normalized spacial score (nSPS) is 11.0.